The highest BCUT2D eigenvalue weighted by Crippen LogP contribution is 2.29. The third-order valence-electron chi connectivity index (χ3n) is 4.71. The van der Waals surface area contributed by atoms with E-state index in [4.69, 9.17) is 42.1 Å². The van der Waals surface area contributed by atoms with Crippen LogP contribution in [0.5, 0.6) is 23.1 Å². The first kappa shape index (κ1) is 22.1. The average molecular weight is 473 g/mol. The Morgan fingerprint density at radius 1 is 0.719 bits per heavy atom. The molecule has 166 valence electrons. The lowest BCUT2D eigenvalue weighted by atomic mass is 10.2. The van der Waals surface area contributed by atoms with Gasteiger partial charge in [0.05, 0.1) is 24.6 Å². The van der Waals surface area contributed by atoms with E-state index in [1.54, 1.807) is 31.4 Å². The van der Waals surface area contributed by atoms with Crippen LogP contribution in [0.1, 0.15) is 0 Å². The predicted molar refractivity (Wildman–Crippen MR) is 126 cm³/mol. The van der Waals surface area contributed by atoms with Crippen molar-refractivity contribution in [1.29, 1.82) is 0 Å². The van der Waals surface area contributed by atoms with Gasteiger partial charge in [-0.05, 0) is 66.7 Å². The van der Waals surface area contributed by atoms with Gasteiger partial charge in [0.25, 0.3) is 0 Å². The van der Waals surface area contributed by atoms with E-state index in [1.807, 2.05) is 47.1 Å². The summed E-state index contributed by atoms with van der Waals surface area (Å²) in [6, 6.07) is 20.2. The summed E-state index contributed by atoms with van der Waals surface area (Å²) in [7, 11) is 1.63. The molecule has 0 bridgehead atoms. The number of rotatable bonds is 10. The second-order valence-electron chi connectivity index (χ2n) is 6.86. The smallest absolute Gasteiger partial charge is 0.241 e. The lowest BCUT2D eigenvalue weighted by Crippen LogP contribution is -2.11. The Balaban J connectivity index is 1.41. The Labute approximate surface area is 196 Å². The molecule has 6 nitrogen and oxygen atoms in total. The molecule has 0 radical (unpaired) electrons. The summed E-state index contributed by atoms with van der Waals surface area (Å²) >= 11 is 11.8. The Bertz CT molecular complexity index is 1160. The number of halogens is 2. The molecule has 0 atom stereocenters. The third kappa shape index (κ3) is 5.58. The molecule has 0 unspecified atom stereocenters. The van der Waals surface area contributed by atoms with Crippen molar-refractivity contribution in [3.8, 4) is 23.1 Å². The van der Waals surface area contributed by atoms with Crippen LogP contribution in [0.4, 0.5) is 0 Å². The molecule has 0 saturated heterocycles. The van der Waals surface area contributed by atoms with Gasteiger partial charge < -0.3 is 18.9 Å². The van der Waals surface area contributed by atoms with E-state index < -0.39 is 0 Å². The van der Waals surface area contributed by atoms with Crippen molar-refractivity contribution in [3.63, 3.8) is 0 Å². The van der Waals surface area contributed by atoms with Gasteiger partial charge in [-0.25, -0.2) is 0 Å². The quantitative estimate of drug-likeness (QED) is 0.269. The number of ether oxygens (including phenoxy) is 4. The monoisotopic (exact) mass is 472 g/mol. The van der Waals surface area contributed by atoms with E-state index in [0.717, 1.165) is 28.2 Å². The third-order valence-corrected chi connectivity index (χ3v) is 5.22. The van der Waals surface area contributed by atoms with Crippen LogP contribution in [-0.4, -0.2) is 36.7 Å². The molecule has 0 N–H and O–H groups in total. The van der Waals surface area contributed by atoms with E-state index in [-0.39, 0.29) is 0 Å². The Morgan fingerprint density at radius 2 is 1.28 bits per heavy atom. The zero-order valence-electron chi connectivity index (χ0n) is 17.5. The van der Waals surface area contributed by atoms with Crippen LogP contribution >= 0.6 is 23.2 Å². The van der Waals surface area contributed by atoms with E-state index >= 15 is 0 Å². The molecule has 1 heterocycles. The van der Waals surface area contributed by atoms with Gasteiger partial charge in [-0.2, -0.15) is 0 Å². The van der Waals surface area contributed by atoms with Gasteiger partial charge >= 0.3 is 0 Å². The molecule has 3 aromatic carbocycles. The number of fused-ring (bicyclic) bond motifs is 1. The lowest BCUT2D eigenvalue weighted by molar-refractivity contribution is 0.211. The summed E-state index contributed by atoms with van der Waals surface area (Å²) in [5, 5.41) is 6.83. The van der Waals surface area contributed by atoms with Crippen molar-refractivity contribution in [2.24, 2.45) is 0 Å². The van der Waals surface area contributed by atoms with Crippen LogP contribution < -0.4 is 18.9 Å². The topological polar surface area (TPSA) is 54.7 Å². The predicted octanol–water partition coefficient (Wildman–Crippen LogP) is 5.89. The van der Waals surface area contributed by atoms with E-state index in [1.165, 1.54) is 0 Å². The molecular weight excluding hydrogens is 451 g/mol. The number of aromatic nitrogens is 2. The summed E-state index contributed by atoms with van der Waals surface area (Å²) in [5.41, 5.74) is 0.930. The maximum absolute atomic E-state index is 5.93. The maximum Gasteiger partial charge on any atom is 0.241 e. The van der Waals surface area contributed by atoms with Crippen molar-refractivity contribution in [2.45, 2.75) is 6.54 Å². The zero-order chi connectivity index (χ0) is 22.3. The summed E-state index contributed by atoms with van der Waals surface area (Å²) in [6.45, 7) is 1.71. The van der Waals surface area contributed by atoms with Crippen molar-refractivity contribution in [1.82, 2.24) is 9.78 Å². The molecule has 0 amide bonds. The summed E-state index contributed by atoms with van der Waals surface area (Å²) in [5.74, 6) is 2.74. The highest BCUT2D eigenvalue weighted by Gasteiger charge is 2.13. The summed E-state index contributed by atoms with van der Waals surface area (Å²) < 4.78 is 24.7. The molecule has 0 aliphatic carbocycles. The molecule has 1 aromatic heterocycles. The van der Waals surface area contributed by atoms with E-state index in [9.17, 15) is 0 Å². The van der Waals surface area contributed by atoms with Crippen molar-refractivity contribution < 1.29 is 18.9 Å². The van der Waals surface area contributed by atoms with E-state index in [2.05, 4.69) is 5.10 Å². The largest absolute Gasteiger partial charge is 0.497 e. The minimum atomic E-state index is 0.341. The van der Waals surface area contributed by atoms with Crippen LogP contribution in [0.25, 0.3) is 10.9 Å². The van der Waals surface area contributed by atoms with Crippen LogP contribution in [0.2, 0.25) is 10.0 Å². The summed E-state index contributed by atoms with van der Waals surface area (Å²) in [6.07, 6.45) is 0. The standard InChI is InChI=1S/C24H22Cl2N2O4/c1-29-21-10-11-23-22(16-21)24(32-15-14-31-20-8-4-18(26)5-9-20)27-28(23)12-13-30-19-6-2-17(25)3-7-19/h2-11,16H,12-15H2,1H3. The first-order valence-corrected chi connectivity index (χ1v) is 10.8. The molecule has 8 heteroatoms. The SMILES string of the molecule is COc1ccc2c(c1)c(OCCOc1ccc(Cl)cc1)nn2CCOc1ccc(Cl)cc1. The Hall–Kier alpha value is -3.09. The molecule has 32 heavy (non-hydrogen) atoms. The van der Waals surface area contributed by atoms with Crippen molar-refractivity contribution >= 4 is 34.1 Å². The number of methoxy groups -OCH3 is 1. The summed E-state index contributed by atoms with van der Waals surface area (Å²) in [4.78, 5) is 0. The molecule has 0 fully saturated rings. The second-order valence-corrected chi connectivity index (χ2v) is 7.74. The van der Waals surface area contributed by atoms with Gasteiger partial charge in [0.2, 0.25) is 5.88 Å². The molecule has 0 saturated carbocycles. The number of hydrogen-bond acceptors (Lipinski definition) is 5. The normalized spacial score (nSPS) is 10.8. The highest BCUT2D eigenvalue weighted by atomic mass is 35.5. The van der Waals surface area contributed by atoms with Crippen LogP contribution in [0.3, 0.4) is 0 Å². The van der Waals surface area contributed by atoms with Crippen LogP contribution in [-0.2, 0) is 6.54 Å². The molecule has 4 aromatic rings. The van der Waals surface area contributed by atoms with Gasteiger partial charge in [-0.15, -0.1) is 5.10 Å². The maximum atomic E-state index is 5.93. The van der Waals surface area contributed by atoms with E-state index in [0.29, 0.717) is 42.3 Å². The highest BCUT2D eigenvalue weighted by molar-refractivity contribution is 6.30. The first-order valence-electron chi connectivity index (χ1n) is 10.1. The fourth-order valence-electron chi connectivity index (χ4n) is 3.14. The minimum absolute atomic E-state index is 0.341. The molecule has 4 rings (SSSR count). The first-order chi connectivity index (χ1) is 15.6. The number of benzene rings is 3. The molecule has 0 aliphatic rings. The molecular formula is C24H22Cl2N2O4. The van der Waals surface area contributed by atoms with Crippen molar-refractivity contribution in [3.05, 3.63) is 76.8 Å². The van der Waals surface area contributed by atoms with Gasteiger partial charge in [0, 0.05) is 10.0 Å². The number of nitrogens with zero attached hydrogens (tertiary/aromatic N) is 2. The van der Waals surface area contributed by atoms with Gasteiger partial charge in [-0.3, -0.25) is 4.68 Å². The van der Waals surface area contributed by atoms with Gasteiger partial charge in [-0.1, -0.05) is 23.2 Å². The fourth-order valence-corrected chi connectivity index (χ4v) is 3.39. The van der Waals surface area contributed by atoms with Gasteiger partial charge in [0.1, 0.15) is 37.1 Å². The van der Waals surface area contributed by atoms with Crippen LogP contribution in [0, 0.1) is 0 Å². The fraction of sp³-hybridized carbons (Fsp3) is 0.208. The lowest BCUT2D eigenvalue weighted by Gasteiger charge is -2.07. The number of hydrogen-bond donors (Lipinski definition) is 0. The second kappa shape index (κ2) is 10.5. The van der Waals surface area contributed by atoms with Crippen LogP contribution in [0.15, 0.2) is 66.7 Å². The zero-order valence-corrected chi connectivity index (χ0v) is 19.0. The minimum Gasteiger partial charge on any atom is -0.497 e. The average Bonchev–Trinajstić information content (AvgIpc) is 3.16. The molecule has 0 aliphatic heterocycles. The Kier molecular flexibility index (Phi) is 7.24. The van der Waals surface area contributed by atoms with Crippen molar-refractivity contribution in [2.75, 3.05) is 26.9 Å². The Morgan fingerprint density at radius 3 is 1.91 bits per heavy atom. The van der Waals surface area contributed by atoms with Gasteiger partial charge in [0.15, 0.2) is 0 Å². The molecule has 0 spiro atoms.